The van der Waals surface area contributed by atoms with Crippen LogP contribution < -0.4 is 0 Å². The van der Waals surface area contributed by atoms with Gasteiger partial charge in [-0.05, 0) is 19.3 Å². The van der Waals surface area contributed by atoms with Gasteiger partial charge in [0.1, 0.15) is 13.2 Å². The molecule has 6 nitrogen and oxygen atoms in total. The van der Waals surface area contributed by atoms with Gasteiger partial charge in [0.05, 0.1) is 0 Å². The first kappa shape index (κ1) is 41.4. The van der Waals surface area contributed by atoms with E-state index in [9.17, 15) is 14.4 Å². The van der Waals surface area contributed by atoms with Crippen LogP contribution in [0, 0.1) is 0 Å². The van der Waals surface area contributed by atoms with Crippen molar-refractivity contribution >= 4 is 17.9 Å². The molecule has 0 aromatic rings. The summed E-state index contributed by atoms with van der Waals surface area (Å²) in [4.78, 5) is 37.0. The van der Waals surface area contributed by atoms with E-state index in [1.54, 1.807) is 0 Å². The van der Waals surface area contributed by atoms with Gasteiger partial charge in [-0.15, -0.1) is 0 Å². The van der Waals surface area contributed by atoms with Gasteiger partial charge in [0.25, 0.3) is 0 Å². The molecule has 0 bridgehead atoms. The monoisotopic (exact) mass is 611 g/mol. The first-order valence-electron chi connectivity index (χ1n) is 18.5. The number of hydrogen-bond donors (Lipinski definition) is 0. The van der Waals surface area contributed by atoms with Crippen LogP contribution in [-0.4, -0.2) is 37.2 Å². The smallest absolute Gasteiger partial charge is 0.306 e. The lowest BCUT2D eigenvalue weighted by Gasteiger charge is -2.18. The fourth-order valence-electron chi connectivity index (χ4n) is 5.26. The highest BCUT2D eigenvalue weighted by molar-refractivity contribution is 5.71. The number of carbonyl (C=O) groups is 3. The zero-order chi connectivity index (χ0) is 31.6. The summed E-state index contributed by atoms with van der Waals surface area (Å²) < 4.78 is 16.4. The average Bonchev–Trinajstić information content (AvgIpc) is 3.00. The normalized spacial score (nSPS) is 11.8. The maximum absolute atomic E-state index is 12.4. The summed E-state index contributed by atoms with van der Waals surface area (Å²) in [7, 11) is 0. The van der Waals surface area contributed by atoms with Crippen molar-refractivity contribution in [3.05, 3.63) is 0 Å². The van der Waals surface area contributed by atoms with E-state index < -0.39 is 6.10 Å². The lowest BCUT2D eigenvalue weighted by Crippen LogP contribution is -2.30. The lowest BCUT2D eigenvalue weighted by molar-refractivity contribution is -0.167. The molecule has 43 heavy (non-hydrogen) atoms. The van der Waals surface area contributed by atoms with Crippen molar-refractivity contribution < 1.29 is 28.6 Å². The third-order valence-corrected chi connectivity index (χ3v) is 8.11. The Kier molecular flexibility index (Phi) is 32.1. The van der Waals surface area contributed by atoms with E-state index >= 15 is 0 Å². The highest BCUT2D eigenvalue weighted by Crippen LogP contribution is 2.14. The Hall–Kier alpha value is -1.59. The molecule has 0 aliphatic carbocycles. The zero-order valence-corrected chi connectivity index (χ0v) is 28.7. The molecule has 0 aromatic carbocycles. The van der Waals surface area contributed by atoms with E-state index in [1.165, 1.54) is 103 Å². The van der Waals surface area contributed by atoms with Gasteiger partial charge in [-0.25, -0.2) is 0 Å². The molecule has 0 N–H and O–H groups in total. The summed E-state index contributed by atoms with van der Waals surface area (Å²) in [6.45, 7) is 6.50. The Labute approximate surface area is 266 Å². The molecule has 0 fully saturated rings. The van der Waals surface area contributed by atoms with Crippen LogP contribution >= 0.6 is 0 Å². The first-order chi connectivity index (χ1) is 21.0. The minimum atomic E-state index is -0.753. The molecule has 0 saturated heterocycles. The summed E-state index contributed by atoms with van der Waals surface area (Å²) in [5, 5.41) is 0. The van der Waals surface area contributed by atoms with Gasteiger partial charge < -0.3 is 14.2 Å². The molecule has 0 spiro atoms. The Balaban J connectivity index is 4.21. The minimum Gasteiger partial charge on any atom is -0.462 e. The largest absolute Gasteiger partial charge is 0.462 e. The highest BCUT2D eigenvalue weighted by atomic mass is 16.6. The topological polar surface area (TPSA) is 78.9 Å². The Morgan fingerprint density at radius 2 is 0.628 bits per heavy atom. The van der Waals surface area contributed by atoms with Crippen LogP contribution in [0.25, 0.3) is 0 Å². The Morgan fingerprint density at radius 3 is 0.930 bits per heavy atom. The molecule has 1 unspecified atom stereocenters. The molecule has 0 aliphatic heterocycles. The Morgan fingerprint density at radius 1 is 0.372 bits per heavy atom. The lowest BCUT2D eigenvalue weighted by atomic mass is 10.0. The van der Waals surface area contributed by atoms with Gasteiger partial charge in [0.15, 0.2) is 6.10 Å². The predicted octanol–water partition coefficient (Wildman–Crippen LogP) is 11.0. The second kappa shape index (κ2) is 33.3. The SMILES string of the molecule is CCCCCCCCCCCCCCCC(=O)OCC(COC(=O)CCCCCCCC)OC(=O)CCCCCCCC. The van der Waals surface area contributed by atoms with Crippen LogP contribution in [0.2, 0.25) is 0 Å². The van der Waals surface area contributed by atoms with Crippen LogP contribution in [-0.2, 0) is 28.6 Å². The van der Waals surface area contributed by atoms with Crippen LogP contribution in [0.5, 0.6) is 0 Å². The molecule has 1 atom stereocenters. The number of ether oxygens (including phenoxy) is 3. The van der Waals surface area contributed by atoms with Gasteiger partial charge in [0, 0.05) is 19.3 Å². The average molecular weight is 611 g/mol. The molecule has 0 aliphatic rings. The summed E-state index contributed by atoms with van der Waals surface area (Å²) >= 11 is 0. The maximum Gasteiger partial charge on any atom is 0.306 e. The second-order valence-corrected chi connectivity index (χ2v) is 12.5. The molecular formula is C37H70O6. The van der Waals surface area contributed by atoms with Gasteiger partial charge in [0.2, 0.25) is 0 Å². The molecule has 0 saturated carbocycles. The van der Waals surface area contributed by atoms with Gasteiger partial charge in [-0.3, -0.25) is 14.4 Å². The number of rotatable bonds is 33. The molecule has 6 heteroatoms. The van der Waals surface area contributed by atoms with Crippen LogP contribution in [0.3, 0.4) is 0 Å². The van der Waals surface area contributed by atoms with E-state index in [0.29, 0.717) is 19.3 Å². The molecule has 0 heterocycles. The first-order valence-corrected chi connectivity index (χ1v) is 18.5. The zero-order valence-electron chi connectivity index (χ0n) is 28.7. The Bertz CT molecular complexity index is 635. The third kappa shape index (κ3) is 31.6. The van der Waals surface area contributed by atoms with E-state index in [2.05, 4.69) is 20.8 Å². The van der Waals surface area contributed by atoms with Crippen molar-refractivity contribution in [1.29, 1.82) is 0 Å². The maximum atomic E-state index is 12.4. The molecule has 0 radical (unpaired) electrons. The number of esters is 3. The van der Waals surface area contributed by atoms with Crippen molar-refractivity contribution in [1.82, 2.24) is 0 Å². The van der Waals surface area contributed by atoms with Crippen molar-refractivity contribution in [3.63, 3.8) is 0 Å². The third-order valence-electron chi connectivity index (χ3n) is 8.11. The van der Waals surface area contributed by atoms with Crippen molar-refractivity contribution in [2.45, 2.75) is 207 Å². The van der Waals surface area contributed by atoms with Crippen molar-refractivity contribution in [3.8, 4) is 0 Å². The van der Waals surface area contributed by atoms with Crippen LogP contribution in [0.4, 0.5) is 0 Å². The molecule has 0 rings (SSSR count). The van der Waals surface area contributed by atoms with Gasteiger partial charge in [-0.2, -0.15) is 0 Å². The predicted molar refractivity (Wildman–Crippen MR) is 178 cm³/mol. The van der Waals surface area contributed by atoms with Crippen molar-refractivity contribution in [2.24, 2.45) is 0 Å². The summed E-state index contributed by atoms with van der Waals surface area (Å²) in [5.41, 5.74) is 0. The summed E-state index contributed by atoms with van der Waals surface area (Å²) in [5.74, 6) is -0.885. The molecular weight excluding hydrogens is 540 g/mol. The van der Waals surface area contributed by atoms with Crippen LogP contribution in [0.1, 0.15) is 201 Å². The van der Waals surface area contributed by atoms with E-state index in [0.717, 1.165) is 57.8 Å². The fraction of sp³-hybridized carbons (Fsp3) is 0.919. The minimum absolute atomic E-state index is 0.0657. The molecule has 0 aromatic heterocycles. The number of hydrogen-bond acceptors (Lipinski definition) is 6. The fourth-order valence-corrected chi connectivity index (χ4v) is 5.26. The quantitative estimate of drug-likeness (QED) is 0.0418. The van der Waals surface area contributed by atoms with Gasteiger partial charge in [-0.1, -0.05) is 162 Å². The summed E-state index contributed by atoms with van der Waals surface area (Å²) in [6, 6.07) is 0. The molecule has 0 amide bonds. The number of carbonyl (C=O) groups excluding carboxylic acids is 3. The standard InChI is InChI=1S/C37H70O6/c1-4-7-10-13-16-17-18-19-20-21-22-25-27-30-36(39)42-33-34(43-37(40)31-28-24-15-12-9-6-3)32-41-35(38)29-26-23-14-11-8-5-2/h34H,4-33H2,1-3H3. The highest BCUT2D eigenvalue weighted by Gasteiger charge is 2.19. The van der Waals surface area contributed by atoms with Crippen LogP contribution in [0.15, 0.2) is 0 Å². The summed E-state index contributed by atoms with van der Waals surface area (Å²) in [6.07, 6.45) is 29.8. The van der Waals surface area contributed by atoms with E-state index in [1.807, 2.05) is 0 Å². The van der Waals surface area contributed by atoms with E-state index in [-0.39, 0.29) is 31.1 Å². The number of unbranched alkanes of at least 4 members (excludes halogenated alkanes) is 22. The van der Waals surface area contributed by atoms with E-state index in [4.69, 9.17) is 14.2 Å². The van der Waals surface area contributed by atoms with Crippen molar-refractivity contribution in [2.75, 3.05) is 13.2 Å². The molecule has 254 valence electrons. The second-order valence-electron chi connectivity index (χ2n) is 12.5. The van der Waals surface area contributed by atoms with Gasteiger partial charge >= 0.3 is 17.9 Å².